The number of hydrogen-bond donors (Lipinski definition) is 4. The molecule has 0 aromatic heterocycles. The van der Waals surface area contributed by atoms with E-state index < -0.39 is 183 Å². The number of phosphoric acid groups is 1. The number of hydrogen-bond acceptors (Lipinski definition) is 6. The van der Waals surface area contributed by atoms with Crippen molar-refractivity contribution in [2.75, 3.05) is 39.3 Å². The van der Waals surface area contributed by atoms with Crippen molar-refractivity contribution in [3.8, 4) is 0 Å². The van der Waals surface area contributed by atoms with Gasteiger partial charge in [0, 0.05) is 39.3 Å². The van der Waals surface area contributed by atoms with Crippen LogP contribution in [0.3, 0.4) is 0 Å². The second-order valence-electron chi connectivity index (χ2n) is 14.0. The van der Waals surface area contributed by atoms with Crippen LogP contribution in [0.5, 0.6) is 0 Å². The highest BCUT2D eigenvalue weighted by Gasteiger charge is 2.98. The number of alkyl halides is 34. The zero-order valence-corrected chi connectivity index (χ0v) is 37.1. The van der Waals surface area contributed by atoms with Crippen LogP contribution < -0.4 is 5.32 Å². The van der Waals surface area contributed by atoms with Crippen LogP contribution in [0.15, 0.2) is 0 Å². The van der Waals surface area contributed by atoms with Gasteiger partial charge in [-0.3, -0.25) is 0 Å². The molecule has 0 unspecified atom stereocenters. The van der Waals surface area contributed by atoms with E-state index >= 15 is 0 Å². The predicted molar refractivity (Wildman–Crippen MR) is 170 cm³/mol. The first-order valence-corrected chi connectivity index (χ1v) is 22.0. The van der Waals surface area contributed by atoms with Gasteiger partial charge in [0.2, 0.25) is 0 Å². The van der Waals surface area contributed by atoms with E-state index in [-0.39, 0.29) is 0 Å². The van der Waals surface area contributed by atoms with E-state index in [1.54, 1.807) is 0 Å². The van der Waals surface area contributed by atoms with Crippen LogP contribution in [0.2, 0.25) is 0 Å². The fourth-order valence-corrected chi connectivity index (χ4v) is 7.74. The lowest BCUT2D eigenvalue weighted by Gasteiger charge is -2.43. The Kier molecular flexibility index (Phi) is 21.2. The van der Waals surface area contributed by atoms with E-state index in [1.807, 2.05) is 0 Å². The molecule has 0 aromatic carbocycles. The lowest BCUT2D eigenvalue weighted by atomic mass is 9.91. The third-order valence-corrected chi connectivity index (χ3v) is 12.6. The highest BCUT2D eigenvalue weighted by molar-refractivity contribution is 7.90. The number of nitrogens with zero attached hydrogens (tertiary/aromatic N) is 2. The molecule has 0 aliphatic heterocycles. The maximum atomic E-state index is 14.7. The summed E-state index contributed by atoms with van der Waals surface area (Å²) >= 11 is 0. The van der Waals surface area contributed by atoms with Gasteiger partial charge in [-0.2, -0.15) is 158 Å². The van der Waals surface area contributed by atoms with Gasteiger partial charge in [0.25, 0.3) is 20.0 Å². The zero-order valence-electron chi connectivity index (χ0n) is 34.5. The molecule has 0 heterocycles. The molecule has 448 valence electrons. The van der Waals surface area contributed by atoms with Gasteiger partial charge in [-0.15, -0.1) is 0 Å². The molecule has 0 saturated heterocycles. The van der Waals surface area contributed by atoms with Gasteiger partial charge in [-0.1, -0.05) is 13.8 Å². The Morgan fingerprint density at radius 3 is 0.662 bits per heavy atom. The van der Waals surface area contributed by atoms with Crippen molar-refractivity contribution in [1.29, 1.82) is 0 Å². The Morgan fingerprint density at radius 2 is 0.500 bits per heavy atom. The van der Waals surface area contributed by atoms with Crippen molar-refractivity contribution in [1.82, 2.24) is 13.9 Å². The van der Waals surface area contributed by atoms with E-state index in [4.69, 9.17) is 19.2 Å². The Hall–Kier alpha value is -2.49. The smallest absolute Gasteiger partial charge is 0.314 e. The Balaban J connectivity index is 0. The first-order valence-electron chi connectivity index (χ1n) is 17.5. The molecule has 11 nitrogen and oxygen atoms in total. The number of nitrogens with one attached hydrogen (secondary N) is 1. The van der Waals surface area contributed by atoms with E-state index in [0.29, 0.717) is 13.8 Å². The zero-order chi connectivity index (χ0) is 61.0. The summed E-state index contributed by atoms with van der Waals surface area (Å²) in [5.41, 5.74) is 0. The van der Waals surface area contributed by atoms with E-state index in [0.717, 1.165) is 0 Å². The molecule has 0 radical (unpaired) electrons. The van der Waals surface area contributed by atoms with Crippen molar-refractivity contribution < 1.29 is 185 Å². The van der Waals surface area contributed by atoms with Crippen LogP contribution in [0, 0.1) is 0 Å². The second-order valence-corrected chi connectivity index (χ2v) is 19.0. The number of halogens is 34. The molecule has 0 saturated carbocycles. The largest absolute Gasteiger partial charge is 0.466 e. The molecule has 0 aliphatic rings. The molecular formula is C26H26F34N3O8PS2. The minimum Gasteiger partial charge on any atom is -0.314 e. The van der Waals surface area contributed by atoms with Crippen LogP contribution in [0.1, 0.15) is 26.7 Å². The number of rotatable bonds is 26. The number of sulfonamides is 2. The van der Waals surface area contributed by atoms with Crippen molar-refractivity contribution in [3.63, 3.8) is 0 Å². The minimum atomic E-state index is -9.24. The maximum absolute atomic E-state index is 14.7. The highest BCUT2D eigenvalue weighted by Crippen LogP contribution is 2.66. The summed E-state index contributed by atoms with van der Waals surface area (Å²) in [6, 6.07) is 0. The van der Waals surface area contributed by atoms with Gasteiger partial charge in [-0.05, 0) is 12.8 Å². The summed E-state index contributed by atoms with van der Waals surface area (Å²) < 4.78 is 521. The van der Waals surface area contributed by atoms with Crippen LogP contribution in [-0.2, 0) is 24.6 Å². The van der Waals surface area contributed by atoms with Crippen LogP contribution >= 0.6 is 7.82 Å². The van der Waals surface area contributed by atoms with Crippen molar-refractivity contribution in [3.05, 3.63) is 0 Å². The molecular weight excluding hydrogens is 1220 g/mol. The average molecular weight is 1250 g/mol. The van der Waals surface area contributed by atoms with Gasteiger partial charge in [0.05, 0.1) is 0 Å². The van der Waals surface area contributed by atoms with Gasteiger partial charge >= 0.3 is 102 Å². The fraction of sp³-hybridized carbons (Fsp3) is 1.00. The Labute approximate surface area is 387 Å². The first kappa shape index (κ1) is 73.6. The van der Waals surface area contributed by atoms with Crippen molar-refractivity contribution in [2.45, 2.75) is 121 Å². The molecule has 0 aliphatic carbocycles. The lowest BCUT2D eigenvalue weighted by Crippen LogP contribution is -2.75. The first-order chi connectivity index (χ1) is 31.6. The van der Waals surface area contributed by atoms with Crippen LogP contribution in [-0.4, -0.2) is 173 Å². The summed E-state index contributed by atoms with van der Waals surface area (Å²) in [4.78, 5) is 21.6. The van der Waals surface area contributed by atoms with Crippen molar-refractivity contribution >= 4 is 27.9 Å². The molecule has 0 fully saturated rings. The summed E-state index contributed by atoms with van der Waals surface area (Å²) in [5, 5.41) is -14.8. The molecule has 0 spiro atoms. The topological polar surface area (TPSA) is 165 Å². The van der Waals surface area contributed by atoms with E-state index in [2.05, 4.69) is 0 Å². The Bertz CT molecular complexity index is 2030. The third kappa shape index (κ3) is 11.6. The third-order valence-electron chi connectivity index (χ3n) is 8.74. The van der Waals surface area contributed by atoms with Gasteiger partial charge in [0.1, 0.15) is 0 Å². The van der Waals surface area contributed by atoms with E-state index in [1.165, 1.54) is 5.32 Å². The summed E-state index contributed by atoms with van der Waals surface area (Å²) in [6.07, 6.45) is -18.4. The van der Waals surface area contributed by atoms with Gasteiger partial charge in [0.15, 0.2) is 0 Å². The predicted octanol–water partition coefficient (Wildman–Crippen LogP) is 9.66. The lowest BCUT2D eigenvalue weighted by molar-refractivity contribution is -0.458. The highest BCUT2D eigenvalue weighted by atomic mass is 32.2. The molecule has 0 atom stereocenters. The Morgan fingerprint density at radius 1 is 0.338 bits per heavy atom. The molecule has 74 heavy (non-hydrogen) atoms. The monoisotopic (exact) mass is 1250 g/mol. The van der Waals surface area contributed by atoms with Crippen molar-refractivity contribution in [2.24, 2.45) is 0 Å². The fourth-order valence-electron chi connectivity index (χ4n) is 4.68. The van der Waals surface area contributed by atoms with Gasteiger partial charge < -0.3 is 20.0 Å². The molecule has 0 rings (SSSR count). The molecule has 48 heteroatoms. The normalized spacial score (nSPS) is 16.2. The van der Waals surface area contributed by atoms with Crippen LogP contribution in [0.4, 0.5) is 149 Å². The molecule has 0 aromatic rings. The minimum absolute atomic E-state index is 0.603. The summed E-state index contributed by atoms with van der Waals surface area (Å²) in [6.45, 7) is -10.3. The quantitative estimate of drug-likeness (QED) is 0.0375. The average Bonchev–Trinajstić information content (AvgIpc) is 3.17. The van der Waals surface area contributed by atoms with Gasteiger partial charge in [-0.25, -0.2) is 21.4 Å². The van der Waals surface area contributed by atoms with Crippen LogP contribution in [0.25, 0.3) is 0 Å². The second kappa shape index (κ2) is 21.3. The molecule has 0 bridgehead atoms. The van der Waals surface area contributed by atoms with E-state index in [9.17, 15) is 166 Å². The maximum Gasteiger partial charge on any atom is 0.466 e. The summed E-state index contributed by atoms with van der Waals surface area (Å²) in [7, 11) is -20.7. The summed E-state index contributed by atoms with van der Waals surface area (Å²) in [5.74, 6) is -108. The SMILES string of the molecule is CCCN(CCNCCN(CCC)S(=O)(=O)C(F)(F)C(F)(F)C(F)(F)C(F)(F)C(F)(F)C(F)(F)C(F)(F)C(F)(F)F)S(=O)(=O)C(F)(F)C(F)(F)C(F)(F)C(F)(F)C(F)(F)C(F)(F)C(F)(F)C(F)(F)F.O=P(O)(O)O. The molecule has 4 N–H and O–H groups in total. The molecule has 0 amide bonds. The standard InChI is InChI=1S/C26H23F34N3O4S2.H3O4P/c1-3-7-62(68(64,65)25(57,58)21(47,48)17(39,40)13(31,32)11(27,28)15(35,36)19(43,44)23(51,52)53)9-5-61-6-10-63(8-4-2)69(66,67)26(59,60)22(49,50)18(41,42)14(33,34)12(29,30)16(37,38)20(45,46)24(54,55)56;1-5(2,3)4/h61H,3-10H2,1-2H3;(H3,1,2,3,4).